The first-order valence-electron chi connectivity index (χ1n) is 6.67. The van der Waals surface area contributed by atoms with Crippen LogP contribution in [0.2, 0.25) is 0 Å². The molecular weight excluding hydrogens is 285 g/mol. The summed E-state index contributed by atoms with van der Waals surface area (Å²) in [7, 11) is 1.92. The van der Waals surface area contributed by atoms with E-state index in [1.807, 2.05) is 18.9 Å². The van der Waals surface area contributed by atoms with Crippen molar-refractivity contribution in [1.82, 2.24) is 9.80 Å². The molecule has 1 atom stereocenters. The molecule has 0 aliphatic carbocycles. The Bertz CT molecular complexity index is 254. The van der Waals surface area contributed by atoms with E-state index in [-0.39, 0.29) is 36.8 Å². The molecule has 1 aliphatic heterocycles. The van der Waals surface area contributed by atoms with Crippen LogP contribution >= 0.6 is 24.8 Å². The molecule has 0 aromatic heterocycles. The van der Waals surface area contributed by atoms with Gasteiger partial charge in [-0.2, -0.15) is 0 Å². The summed E-state index contributed by atoms with van der Waals surface area (Å²) in [6.45, 7) is 8.53. The smallest absolute Gasteiger partial charge is 0.224 e. The molecule has 116 valence electrons. The zero-order chi connectivity index (χ0) is 13.0. The molecule has 0 radical (unpaired) electrons. The van der Waals surface area contributed by atoms with E-state index in [0.29, 0.717) is 18.5 Å². The van der Waals surface area contributed by atoms with Crippen LogP contribution in [0.1, 0.15) is 40.0 Å². The standard InChI is InChI=1S/C13H27N3O.2ClH/c1-10(2)16-7-5-12(6-8-16)15(4)13(17)9-11(3)14;;/h10-12H,5-9,14H2,1-4H3;2*1H. The van der Waals surface area contributed by atoms with Gasteiger partial charge in [-0.25, -0.2) is 0 Å². The number of piperidine rings is 1. The summed E-state index contributed by atoms with van der Waals surface area (Å²) < 4.78 is 0. The number of amides is 1. The van der Waals surface area contributed by atoms with Gasteiger partial charge in [0.25, 0.3) is 0 Å². The van der Waals surface area contributed by atoms with Crippen LogP contribution in [0.15, 0.2) is 0 Å². The van der Waals surface area contributed by atoms with Crippen molar-refractivity contribution < 1.29 is 4.79 Å². The first kappa shape index (κ1) is 21.3. The zero-order valence-corrected chi connectivity index (χ0v) is 14.1. The second-order valence-corrected chi connectivity index (χ2v) is 5.55. The van der Waals surface area contributed by atoms with E-state index in [1.165, 1.54) is 0 Å². The third kappa shape index (κ3) is 6.80. The van der Waals surface area contributed by atoms with E-state index in [0.717, 1.165) is 25.9 Å². The molecule has 0 saturated carbocycles. The van der Waals surface area contributed by atoms with E-state index >= 15 is 0 Å². The SMILES string of the molecule is CC(N)CC(=O)N(C)C1CCN(C(C)C)CC1.Cl.Cl. The van der Waals surface area contributed by atoms with Gasteiger partial charge in [0, 0.05) is 44.7 Å². The third-order valence-corrected chi connectivity index (χ3v) is 3.67. The third-order valence-electron chi connectivity index (χ3n) is 3.67. The Morgan fingerprint density at radius 1 is 1.26 bits per heavy atom. The van der Waals surface area contributed by atoms with Crippen molar-refractivity contribution in [3.8, 4) is 0 Å². The van der Waals surface area contributed by atoms with Gasteiger partial charge < -0.3 is 15.5 Å². The Kier molecular flexibility index (Phi) is 11.0. The lowest BCUT2D eigenvalue weighted by molar-refractivity contribution is -0.133. The van der Waals surface area contributed by atoms with Crippen LogP contribution in [0.25, 0.3) is 0 Å². The van der Waals surface area contributed by atoms with E-state index in [1.54, 1.807) is 0 Å². The van der Waals surface area contributed by atoms with Gasteiger partial charge in [0.1, 0.15) is 0 Å². The van der Waals surface area contributed by atoms with Crippen LogP contribution in [0.4, 0.5) is 0 Å². The molecule has 1 amide bonds. The van der Waals surface area contributed by atoms with Crippen molar-refractivity contribution in [2.75, 3.05) is 20.1 Å². The number of hydrogen-bond acceptors (Lipinski definition) is 3. The van der Waals surface area contributed by atoms with Gasteiger partial charge >= 0.3 is 0 Å². The number of carbonyl (C=O) groups is 1. The number of rotatable bonds is 4. The molecule has 1 unspecified atom stereocenters. The molecular formula is C13H29Cl2N3O. The summed E-state index contributed by atoms with van der Waals surface area (Å²) in [6.07, 6.45) is 2.62. The maximum atomic E-state index is 11.9. The predicted molar refractivity (Wildman–Crippen MR) is 85.3 cm³/mol. The lowest BCUT2D eigenvalue weighted by Gasteiger charge is -2.38. The van der Waals surface area contributed by atoms with Crippen molar-refractivity contribution in [1.29, 1.82) is 0 Å². The molecule has 0 bridgehead atoms. The molecule has 19 heavy (non-hydrogen) atoms. The molecule has 0 aromatic rings. The number of halogens is 2. The van der Waals surface area contributed by atoms with Crippen LogP contribution in [0, 0.1) is 0 Å². The Hall–Kier alpha value is -0.0300. The highest BCUT2D eigenvalue weighted by molar-refractivity contribution is 5.85. The van der Waals surface area contributed by atoms with Gasteiger partial charge in [-0.1, -0.05) is 0 Å². The molecule has 4 nitrogen and oxygen atoms in total. The summed E-state index contributed by atoms with van der Waals surface area (Å²) in [5.74, 6) is 0.183. The largest absolute Gasteiger partial charge is 0.343 e. The molecule has 1 saturated heterocycles. The average Bonchev–Trinajstić information content (AvgIpc) is 2.27. The van der Waals surface area contributed by atoms with Gasteiger partial charge in [-0.3, -0.25) is 4.79 Å². The lowest BCUT2D eigenvalue weighted by Crippen LogP contribution is -2.48. The highest BCUT2D eigenvalue weighted by atomic mass is 35.5. The van der Waals surface area contributed by atoms with E-state index in [4.69, 9.17) is 5.73 Å². The average molecular weight is 314 g/mol. The highest BCUT2D eigenvalue weighted by Gasteiger charge is 2.26. The normalized spacial score (nSPS) is 18.4. The second kappa shape index (κ2) is 9.81. The summed E-state index contributed by atoms with van der Waals surface area (Å²) in [6, 6.07) is 0.970. The van der Waals surface area contributed by atoms with Gasteiger partial charge in [0.2, 0.25) is 5.91 Å². The molecule has 1 fully saturated rings. The van der Waals surface area contributed by atoms with Crippen molar-refractivity contribution in [2.45, 2.75) is 58.2 Å². The number of nitrogens with two attached hydrogens (primary N) is 1. The summed E-state index contributed by atoms with van der Waals surface area (Å²) >= 11 is 0. The molecule has 0 aromatic carbocycles. The van der Waals surface area contributed by atoms with Crippen LogP contribution < -0.4 is 5.73 Å². The predicted octanol–water partition coefficient (Wildman–Crippen LogP) is 1.90. The van der Waals surface area contributed by atoms with Crippen LogP contribution in [0.3, 0.4) is 0 Å². The fourth-order valence-electron chi connectivity index (χ4n) is 2.41. The van der Waals surface area contributed by atoms with Crippen molar-refractivity contribution >= 4 is 30.7 Å². The number of hydrogen-bond donors (Lipinski definition) is 1. The monoisotopic (exact) mass is 313 g/mol. The maximum Gasteiger partial charge on any atom is 0.224 e. The van der Waals surface area contributed by atoms with E-state index in [2.05, 4.69) is 18.7 Å². The van der Waals surface area contributed by atoms with Gasteiger partial charge in [-0.05, 0) is 33.6 Å². The fraction of sp³-hybridized carbons (Fsp3) is 0.923. The first-order chi connectivity index (χ1) is 7.91. The van der Waals surface area contributed by atoms with Gasteiger partial charge in [0.05, 0.1) is 0 Å². The van der Waals surface area contributed by atoms with Crippen LogP contribution in [-0.4, -0.2) is 54.0 Å². The zero-order valence-electron chi connectivity index (χ0n) is 12.5. The first-order valence-corrected chi connectivity index (χ1v) is 6.67. The number of carbonyl (C=O) groups excluding carboxylic acids is 1. The fourth-order valence-corrected chi connectivity index (χ4v) is 2.41. The minimum Gasteiger partial charge on any atom is -0.343 e. The minimum atomic E-state index is -0.0410. The van der Waals surface area contributed by atoms with Crippen LogP contribution in [0.5, 0.6) is 0 Å². The summed E-state index contributed by atoms with van der Waals surface area (Å²) in [5, 5.41) is 0. The van der Waals surface area contributed by atoms with Gasteiger partial charge in [-0.15, -0.1) is 24.8 Å². The van der Waals surface area contributed by atoms with E-state index in [9.17, 15) is 4.79 Å². The van der Waals surface area contributed by atoms with Gasteiger partial charge in [0.15, 0.2) is 0 Å². The minimum absolute atomic E-state index is 0. The topological polar surface area (TPSA) is 49.6 Å². The van der Waals surface area contributed by atoms with E-state index < -0.39 is 0 Å². The Labute approximate surface area is 129 Å². The number of likely N-dealkylation sites (tertiary alicyclic amines) is 1. The molecule has 2 N–H and O–H groups in total. The van der Waals surface area contributed by atoms with Crippen molar-refractivity contribution in [3.05, 3.63) is 0 Å². The summed E-state index contributed by atoms with van der Waals surface area (Å²) in [5.41, 5.74) is 5.67. The molecule has 1 aliphatic rings. The molecule has 6 heteroatoms. The van der Waals surface area contributed by atoms with Crippen molar-refractivity contribution in [2.24, 2.45) is 5.73 Å². The summed E-state index contributed by atoms with van der Waals surface area (Å²) in [4.78, 5) is 16.3. The van der Waals surface area contributed by atoms with Crippen LogP contribution in [-0.2, 0) is 4.79 Å². The lowest BCUT2D eigenvalue weighted by atomic mass is 10.0. The van der Waals surface area contributed by atoms with Crippen molar-refractivity contribution in [3.63, 3.8) is 0 Å². The Morgan fingerprint density at radius 2 is 1.74 bits per heavy atom. The number of nitrogens with zero attached hydrogens (tertiary/aromatic N) is 2. The Morgan fingerprint density at radius 3 is 2.11 bits per heavy atom. The molecule has 1 heterocycles. The maximum absolute atomic E-state index is 11.9. The Balaban J connectivity index is 0. The second-order valence-electron chi connectivity index (χ2n) is 5.55. The quantitative estimate of drug-likeness (QED) is 0.862. The highest BCUT2D eigenvalue weighted by Crippen LogP contribution is 2.17. The molecule has 0 spiro atoms. The molecule has 1 rings (SSSR count).